The highest BCUT2D eigenvalue weighted by atomic mass is 16.5. The molecule has 1 saturated heterocycles. The summed E-state index contributed by atoms with van der Waals surface area (Å²) in [6.45, 7) is 3.58. The summed E-state index contributed by atoms with van der Waals surface area (Å²) < 4.78 is 11.4. The Kier molecular flexibility index (Phi) is 6.20. The Morgan fingerprint density at radius 1 is 1.20 bits per heavy atom. The lowest BCUT2D eigenvalue weighted by Crippen LogP contribution is -2.44. The molecule has 2 aliphatic heterocycles. The van der Waals surface area contributed by atoms with Crippen molar-refractivity contribution in [3.8, 4) is 17.6 Å². The van der Waals surface area contributed by atoms with E-state index in [0.29, 0.717) is 36.1 Å². The van der Waals surface area contributed by atoms with Gasteiger partial charge in [0.05, 0.1) is 31.9 Å². The summed E-state index contributed by atoms with van der Waals surface area (Å²) in [4.78, 5) is 17.1. The van der Waals surface area contributed by atoms with Gasteiger partial charge in [0.15, 0.2) is 11.5 Å². The zero-order chi connectivity index (χ0) is 20.9. The van der Waals surface area contributed by atoms with Crippen LogP contribution in [0.3, 0.4) is 0 Å². The predicted molar refractivity (Wildman–Crippen MR) is 115 cm³/mol. The van der Waals surface area contributed by atoms with Crippen molar-refractivity contribution in [1.82, 2.24) is 4.90 Å². The van der Waals surface area contributed by atoms with Gasteiger partial charge in [0.25, 0.3) is 0 Å². The number of nitriles is 1. The van der Waals surface area contributed by atoms with Crippen molar-refractivity contribution in [3.05, 3.63) is 53.6 Å². The third kappa shape index (κ3) is 4.42. The number of benzene rings is 2. The number of likely N-dealkylation sites (tertiary alicyclic amines) is 1. The highest BCUT2D eigenvalue weighted by Crippen LogP contribution is 2.30. The molecule has 1 fully saturated rings. The highest BCUT2D eigenvalue weighted by Gasteiger charge is 2.28. The Balaban J connectivity index is 1.32. The summed E-state index contributed by atoms with van der Waals surface area (Å²) in [5, 5.41) is 9.03. The molecule has 1 unspecified atom stereocenters. The van der Waals surface area contributed by atoms with Crippen LogP contribution in [-0.2, 0) is 11.2 Å². The van der Waals surface area contributed by atoms with E-state index in [1.807, 2.05) is 23.1 Å². The molecule has 6 nitrogen and oxygen atoms in total. The first-order valence-corrected chi connectivity index (χ1v) is 10.5. The average molecular weight is 405 g/mol. The molecule has 2 aromatic carbocycles. The second-order valence-corrected chi connectivity index (χ2v) is 7.96. The summed E-state index contributed by atoms with van der Waals surface area (Å²) in [7, 11) is 1.58. The van der Waals surface area contributed by atoms with Crippen LogP contribution in [0.4, 0.5) is 5.69 Å². The molecule has 2 aliphatic rings. The Morgan fingerprint density at radius 3 is 2.90 bits per heavy atom. The second-order valence-electron chi connectivity index (χ2n) is 7.96. The monoisotopic (exact) mass is 405 g/mol. The Bertz CT molecular complexity index is 953. The highest BCUT2D eigenvalue weighted by molar-refractivity contribution is 5.96. The number of rotatable bonds is 6. The number of hydrogen-bond acceptors (Lipinski definition) is 5. The van der Waals surface area contributed by atoms with Crippen molar-refractivity contribution >= 4 is 11.6 Å². The van der Waals surface area contributed by atoms with Crippen LogP contribution in [0.15, 0.2) is 42.5 Å². The van der Waals surface area contributed by atoms with E-state index in [2.05, 4.69) is 17.0 Å². The molecule has 4 rings (SSSR count). The fourth-order valence-corrected chi connectivity index (χ4v) is 4.37. The number of ether oxygens (including phenoxy) is 2. The summed E-state index contributed by atoms with van der Waals surface area (Å²) in [5.41, 5.74) is 2.87. The quantitative estimate of drug-likeness (QED) is 0.738. The minimum absolute atomic E-state index is 0.176. The topological polar surface area (TPSA) is 65.8 Å². The standard InChI is InChI=1S/C24H27N3O3/c1-29-23-13-18(14-25)8-9-22(23)30-17-19-5-4-11-26(15-19)16-24(28)27-12-10-20-6-2-3-7-21(20)27/h2-3,6-9,13,19H,4-5,10-12,15-17H2,1H3. The lowest BCUT2D eigenvalue weighted by atomic mass is 9.99. The molecule has 0 aromatic heterocycles. The Labute approximate surface area is 177 Å². The predicted octanol–water partition coefficient (Wildman–Crippen LogP) is 3.25. The van der Waals surface area contributed by atoms with Crippen LogP contribution in [0.5, 0.6) is 11.5 Å². The van der Waals surface area contributed by atoms with Crippen molar-refractivity contribution in [2.75, 3.05) is 44.8 Å². The fraction of sp³-hybridized carbons (Fsp3) is 0.417. The van der Waals surface area contributed by atoms with Crippen molar-refractivity contribution in [2.45, 2.75) is 19.3 Å². The van der Waals surface area contributed by atoms with Crippen LogP contribution in [0.2, 0.25) is 0 Å². The van der Waals surface area contributed by atoms with Gasteiger partial charge >= 0.3 is 0 Å². The number of fused-ring (bicyclic) bond motifs is 1. The minimum atomic E-state index is 0.176. The van der Waals surface area contributed by atoms with E-state index in [-0.39, 0.29) is 5.91 Å². The zero-order valence-corrected chi connectivity index (χ0v) is 17.3. The average Bonchev–Trinajstić information content (AvgIpc) is 3.22. The van der Waals surface area contributed by atoms with Crippen LogP contribution in [0.1, 0.15) is 24.0 Å². The SMILES string of the molecule is COc1cc(C#N)ccc1OCC1CCCN(CC(=O)N2CCc3ccccc32)C1. The van der Waals surface area contributed by atoms with Crippen molar-refractivity contribution in [3.63, 3.8) is 0 Å². The summed E-state index contributed by atoms with van der Waals surface area (Å²) in [5.74, 6) is 1.76. The van der Waals surface area contributed by atoms with Gasteiger partial charge in [-0.1, -0.05) is 18.2 Å². The molecule has 0 saturated carbocycles. The number of carbonyl (C=O) groups excluding carboxylic acids is 1. The molecule has 0 radical (unpaired) electrons. The summed E-state index contributed by atoms with van der Waals surface area (Å²) in [6.07, 6.45) is 3.07. The van der Waals surface area contributed by atoms with Gasteiger partial charge in [0, 0.05) is 30.8 Å². The fourth-order valence-electron chi connectivity index (χ4n) is 4.37. The van der Waals surface area contributed by atoms with Gasteiger partial charge in [-0.05, 0) is 49.6 Å². The lowest BCUT2D eigenvalue weighted by Gasteiger charge is -2.33. The molecule has 2 aromatic rings. The number of para-hydroxylation sites is 1. The molecule has 0 aliphatic carbocycles. The van der Waals surface area contributed by atoms with Crippen molar-refractivity contribution < 1.29 is 14.3 Å². The molecule has 30 heavy (non-hydrogen) atoms. The smallest absolute Gasteiger partial charge is 0.241 e. The molecular formula is C24H27N3O3. The molecule has 0 N–H and O–H groups in total. The summed E-state index contributed by atoms with van der Waals surface area (Å²) in [6, 6.07) is 15.5. The van der Waals surface area contributed by atoms with Gasteiger partial charge in [-0.25, -0.2) is 0 Å². The Morgan fingerprint density at radius 2 is 2.07 bits per heavy atom. The van der Waals surface area contributed by atoms with Gasteiger partial charge in [0.2, 0.25) is 5.91 Å². The van der Waals surface area contributed by atoms with E-state index in [9.17, 15) is 4.79 Å². The van der Waals surface area contributed by atoms with Crippen molar-refractivity contribution in [2.24, 2.45) is 5.92 Å². The molecule has 156 valence electrons. The number of carbonyl (C=O) groups is 1. The van der Waals surface area contributed by atoms with E-state index in [1.54, 1.807) is 25.3 Å². The number of piperidine rings is 1. The van der Waals surface area contributed by atoms with Gasteiger partial charge in [-0.3, -0.25) is 9.69 Å². The van der Waals surface area contributed by atoms with E-state index >= 15 is 0 Å². The molecule has 0 spiro atoms. The first-order valence-electron chi connectivity index (χ1n) is 10.5. The van der Waals surface area contributed by atoms with Gasteiger partial charge < -0.3 is 14.4 Å². The van der Waals surface area contributed by atoms with E-state index in [0.717, 1.165) is 44.6 Å². The van der Waals surface area contributed by atoms with Crippen LogP contribution in [0, 0.1) is 17.2 Å². The molecule has 6 heteroatoms. The van der Waals surface area contributed by atoms with Gasteiger partial charge in [-0.15, -0.1) is 0 Å². The summed E-state index contributed by atoms with van der Waals surface area (Å²) >= 11 is 0. The molecule has 0 bridgehead atoms. The van der Waals surface area contributed by atoms with E-state index in [4.69, 9.17) is 14.7 Å². The van der Waals surface area contributed by atoms with E-state index < -0.39 is 0 Å². The maximum atomic E-state index is 12.9. The first-order chi connectivity index (χ1) is 14.7. The normalized spacial score (nSPS) is 18.5. The van der Waals surface area contributed by atoms with Crippen LogP contribution in [-0.4, -0.2) is 50.7 Å². The third-order valence-corrected chi connectivity index (χ3v) is 5.92. The van der Waals surface area contributed by atoms with Crippen molar-refractivity contribution in [1.29, 1.82) is 5.26 Å². The lowest BCUT2D eigenvalue weighted by molar-refractivity contribution is -0.120. The van der Waals surface area contributed by atoms with Crippen LogP contribution in [0.25, 0.3) is 0 Å². The molecule has 2 heterocycles. The van der Waals surface area contributed by atoms with Crippen LogP contribution < -0.4 is 14.4 Å². The minimum Gasteiger partial charge on any atom is -0.493 e. The largest absolute Gasteiger partial charge is 0.493 e. The number of nitrogens with zero attached hydrogens (tertiary/aromatic N) is 3. The molecule has 1 amide bonds. The number of amides is 1. The van der Waals surface area contributed by atoms with Crippen LogP contribution >= 0.6 is 0 Å². The number of methoxy groups -OCH3 is 1. The molecular weight excluding hydrogens is 378 g/mol. The van der Waals surface area contributed by atoms with Gasteiger partial charge in [0.1, 0.15) is 0 Å². The zero-order valence-electron chi connectivity index (χ0n) is 17.3. The van der Waals surface area contributed by atoms with E-state index in [1.165, 1.54) is 5.56 Å². The molecule has 1 atom stereocenters. The Hall–Kier alpha value is -3.04. The first kappa shape index (κ1) is 20.2. The van der Waals surface area contributed by atoms with Gasteiger partial charge in [-0.2, -0.15) is 5.26 Å². The maximum absolute atomic E-state index is 12.9. The third-order valence-electron chi connectivity index (χ3n) is 5.92. The maximum Gasteiger partial charge on any atom is 0.241 e. The second kappa shape index (κ2) is 9.19. The number of anilines is 1. The number of hydrogen-bond donors (Lipinski definition) is 0.